The van der Waals surface area contributed by atoms with Crippen molar-refractivity contribution in [2.75, 3.05) is 0 Å². The van der Waals surface area contributed by atoms with E-state index in [2.05, 4.69) is 15.9 Å². The normalized spacial score (nSPS) is 9.18. The Morgan fingerprint density at radius 3 is 2.82 bits per heavy atom. The van der Waals surface area contributed by atoms with Crippen molar-refractivity contribution >= 4 is 15.9 Å². The van der Waals surface area contributed by atoms with E-state index in [9.17, 15) is 5.21 Å². The Hall–Kier alpha value is -1.08. The van der Waals surface area contributed by atoms with Gasteiger partial charge in [-0.25, -0.2) is 0 Å². The molecule has 1 rings (SSSR count). The first-order valence-corrected chi connectivity index (χ1v) is 3.74. The van der Waals surface area contributed by atoms with Crippen LogP contribution >= 0.6 is 15.9 Å². The van der Waals surface area contributed by atoms with Crippen LogP contribution in [0.25, 0.3) is 0 Å². The SMILES string of the molecule is Cc1cc(Br)c(C#N)[n+]([O-])c1. The number of aromatic nitrogens is 1. The fourth-order valence-corrected chi connectivity index (χ4v) is 1.39. The molecule has 0 radical (unpaired) electrons. The van der Waals surface area contributed by atoms with Crippen molar-refractivity contribution in [2.24, 2.45) is 0 Å². The van der Waals surface area contributed by atoms with Gasteiger partial charge in [0.2, 0.25) is 0 Å². The standard InChI is InChI=1S/C7H5BrN2O/c1-5-2-6(8)7(3-9)10(11)4-5/h2,4H,1H3. The molecule has 4 heteroatoms. The lowest BCUT2D eigenvalue weighted by Gasteiger charge is -2.00. The van der Waals surface area contributed by atoms with Crippen molar-refractivity contribution in [2.45, 2.75) is 6.92 Å². The maximum atomic E-state index is 11.0. The van der Waals surface area contributed by atoms with Crippen LogP contribution in [0.4, 0.5) is 0 Å². The molecule has 0 atom stereocenters. The van der Waals surface area contributed by atoms with Gasteiger partial charge in [-0.1, -0.05) is 0 Å². The van der Waals surface area contributed by atoms with Crippen LogP contribution in [0.15, 0.2) is 16.7 Å². The molecule has 0 fully saturated rings. The zero-order valence-corrected chi connectivity index (χ0v) is 7.42. The average Bonchev–Trinajstić information content (AvgIpc) is 1.85. The monoisotopic (exact) mass is 212 g/mol. The molecule has 0 aliphatic rings. The molecule has 0 saturated heterocycles. The summed E-state index contributed by atoms with van der Waals surface area (Å²) < 4.78 is 1.09. The molecule has 0 aromatic carbocycles. The maximum Gasteiger partial charge on any atom is 0.308 e. The Morgan fingerprint density at radius 2 is 2.36 bits per heavy atom. The van der Waals surface area contributed by atoms with Crippen LogP contribution in [0.2, 0.25) is 0 Å². The molecule has 1 aromatic rings. The summed E-state index contributed by atoms with van der Waals surface area (Å²) in [5.74, 6) is 0. The number of nitrogens with zero attached hydrogens (tertiary/aromatic N) is 2. The van der Waals surface area contributed by atoms with Crippen molar-refractivity contribution in [3.63, 3.8) is 0 Å². The lowest BCUT2D eigenvalue weighted by molar-refractivity contribution is -0.609. The van der Waals surface area contributed by atoms with Gasteiger partial charge >= 0.3 is 5.69 Å². The summed E-state index contributed by atoms with van der Waals surface area (Å²) in [5, 5.41) is 19.4. The van der Waals surface area contributed by atoms with Crippen LogP contribution in [0.1, 0.15) is 11.3 Å². The number of rotatable bonds is 0. The van der Waals surface area contributed by atoms with Crippen molar-refractivity contribution in [1.82, 2.24) is 0 Å². The van der Waals surface area contributed by atoms with E-state index in [0.29, 0.717) is 9.20 Å². The molecule has 0 bridgehead atoms. The largest absolute Gasteiger partial charge is 0.618 e. The highest BCUT2D eigenvalue weighted by Crippen LogP contribution is 2.12. The quantitative estimate of drug-likeness (QED) is 0.481. The predicted octanol–water partition coefficient (Wildman–Crippen LogP) is 1.26. The number of aryl methyl sites for hydroxylation is 1. The van der Waals surface area contributed by atoms with E-state index in [0.717, 1.165) is 5.56 Å². The first kappa shape index (κ1) is 8.02. The highest BCUT2D eigenvalue weighted by Gasteiger charge is 2.09. The van der Waals surface area contributed by atoms with Crippen LogP contribution in [-0.2, 0) is 0 Å². The van der Waals surface area contributed by atoms with E-state index in [1.54, 1.807) is 19.1 Å². The van der Waals surface area contributed by atoms with Crippen LogP contribution in [0.3, 0.4) is 0 Å². The highest BCUT2D eigenvalue weighted by atomic mass is 79.9. The molecule has 0 aliphatic heterocycles. The third-order valence-electron chi connectivity index (χ3n) is 1.23. The van der Waals surface area contributed by atoms with Crippen molar-refractivity contribution < 1.29 is 4.73 Å². The predicted molar refractivity (Wildman–Crippen MR) is 42.6 cm³/mol. The van der Waals surface area contributed by atoms with Gasteiger partial charge in [-0.05, 0) is 28.9 Å². The minimum atomic E-state index is 0.0931. The Morgan fingerprint density at radius 1 is 1.73 bits per heavy atom. The van der Waals surface area contributed by atoms with Gasteiger partial charge in [0.05, 0.1) is 0 Å². The lowest BCUT2D eigenvalue weighted by atomic mass is 10.3. The van der Waals surface area contributed by atoms with E-state index in [4.69, 9.17) is 5.26 Å². The zero-order valence-electron chi connectivity index (χ0n) is 5.84. The van der Waals surface area contributed by atoms with E-state index in [-0.39, 0.29) is 5.69 Å². The van der Waals surface area contributed by atoms with Gasteiger partial charge in [0, 0.05) is 5.56 Å². The van der Waals surface area contributed by atoms with Crippen molar-refractivity contribution in [1.29, 1.82) is 5.26 Å². The van der Waals surface area contributed by atoms with Crippen LogP contribution in [0.5, 0.6) is 0 Å². The molecule has 0 amide bonds. The first-order valence-electron chi connectivity index (χ1n) is 2.94. The summed E-state index contributed by atoms with van der Waals surface area (Å²) in [6.45, 7) is 1.79. The van der Waals surface area contributed by atoms with E-state index < -0.39 is 0 Å². The molecule has 0 aliphatic carbocycles. The summed E-state index contributed by atoms with van der Waals surface area (Å²) in [6.07, 6.45) is 1.36. The highest BCUT2D eigenvalue weighted by molar-refractivity contribution is 9.10. The molecule has 0 unspecified atom stereocenters. The van der Waals surface area contributed by atoms with Crippen LogP contribution in [-0.4, -0.2) is 0 Å². The average molecular weight is 213 g/mol. The first-order chi connectivity index (χ1) is 5.15. The molecular formula is C7H5BrN2O. The second-order valence-electron chi connectivity index (χ2n) is 2.15. The summed E-state index contributed by atoms with van der Waals surface area (Å²) in [4.78, 5) is 0. The number of halogens is 1. The Balaban J connectivity index is 3.40. The van der Waals surface area contributed by atoms with Crippen LogP contribution < -0.4 is 4.73 Å². The number of nitriles is 1. The van der Waals surface area contributed by atoms with E-state index in [1.807, 2.05) is 0 Å². The molecular weight excluding hydrogens is 208 g/mol. The van der Waals surface area contributed by atoms with E-state index >= 15 is 0 Å². The van der Waals surface area contributed by atoms with Crippen LogP contribution in [0, 0.1) is 23.5 Å². The molecule has 0 N–H and O–H groups in total. The van der Waals surface area contributed by atoms with E-state index in [1.165, 1.54) is 6.20 Å². The molecule has 3 nitrogen and oxygen atoms in total. The molecule has 0 spiro atoms. The molecule has 1 heterocycles. The molecule has 11 heavy (non-hydrogen) atoms. The van der Waals surface area contributed by atoms with Gasteiger partial charge in [0.25, 0.3) is 0 Å². The molecule has 56 valence electrons. The zero-order chi connectivity index (χ0) is 8.43. The van der Waals surface area contributed by atoms with Gasteiger partial charge in [-0.3, -0.25) is 0 Å². The van der Waals surface area contributed by atoms with Gasteiger partial charge < -0.3 is 5.21 Å². The Kier molecular flexibility index (Phi) is 2.11. The van der Waals surface area contributed by atoms with Crippen molar-refractivity contribution in [3.05, 3.63) is 33.2 Å². The second kappa shape index (κ2) is 2.89. The number of hydrogen-bond acceptors (Lipinski definition) is 2. The number of pyridine rings is 1. The third kappa shape index (κ3) is 1.49. The van der Waals surface area contributed by atoms with Gasteiger partial charge in [-0.15, -0.1) is 0 Å². The smallest absolute Gasteiger partial charge is 0.308 e. The minimum absolute atomic E-state index is 0.0931. The Bertz CT molecular complexity index is 307. The second-order valence-corrected chi connectivity index (χ2v) is 3.01. The van der Waals surface area contributed by atoms with Gasteiger partial charge in [-0.2, -0.15) is 9.99 Å². The summed E-state index contributed by atoms with van der Waals surface area (Å²) >= 11 is 3.11. The van der Waals surface area contributed by atoms with Gasteiger partial charge in [0.1, 0.15) is 4.47 Å². The Labute approximate surface area is 72.6 Å². The lowest BCUT2D eigenvalue weighted by Crippen LogP contribution is -2.30. The minimum Gasteiger partial charge on any atom is -0.618 e. The number of hydrogen-bond donors (Lipinski definition) is 0. The maximum absolute atomic E-state index is 11.0. The topological polar surface area (TPSA) is 50.7 Å². The van der Waals surface area contributed by atoms with Gasteiger partial charge in [0.15, 0.2) is 12.3 Å². The fraction of sp³-hybridized carbons (Fsp3) is 0.143. The van der Waals surface area contributed by atoms with Crippen molar-refractivity contribution in [3.8, 4) is 6.07 Å². The molecule has 0 saturated carbocycles. The molecule has 1 aromatic heterocycles. The third-order valence-corrected chi connectivity index (χ3v) is 1.83. The summed E-state index contributed by atoms with van der Waals surface area (Å²) in [5.41, 5.74) is 0.918. The fourth-order valence-electron chi connectivity index (χ4n) is 0.763. The summed E-state index contributed by atoms with van der Waals surface area (Å²) in [6, 6.07) is 3.52. The summed E-state index contributed by atoms with van der Waals surface area (Å²) in [7, 11) is 0.